The Bertz CT molecular complexity index is 980. The third-order valence-corrected chi connectivity index (χ3v) is 4.40. The third-order valence-electron chi connectivity index (χ3n) is 4.40. The highest BCUT2D eigenvalue weighted by Gasteiger charge is 2.04. The Hall–Kier alpha value is -2.86. The molecule has 0 spiro atoms. The van der Waals surface area contributed by atoms with Crippen LogP contribution in [0, 0.1) is 6.92 Å². The fraction of sp³-hybridized carbons (Fsp3) is 0.0435. The number of hydrogen-bond acceptors (Lipinski definition) is 0. The molecule has 0 radical (unpaired) electrons. The van der Waals surface area contributed by atoms with Crippen molar-refractivity contribution in [2.45, 2.75) is 6.92 Å². The van der Waals surface area contributed by atoms with Gasteiger partial charge in [0.2, 0.25) is 0 Å². The summed E-state index contributed by atoms with van der Waals surface area (Å²) < 4.78 is 0. The van der Waals surface area contributed by atoms with Gasteiger partial charge >= 0.3 is 0 Å². The summed E-state index contributed by atoms with van der Waals surface area (Å²) in [5, 5.41) is 2.57. The van der Waals surface area contributed by atoms with Gasteiger partial charge in [0.25, 0.3) is 0 Å². The van der Waals surface area contributed by atoms with Crippen LogP contribution in [0.1, 0.15) is 5.56 Å². The third kappa shape index (κ3) is 2.64. The first-order chi connectivity index (χ1) is 11.3. The zero-order valence-corrected chi connectivity index (χ0v) is 13.2. The molecule has 4 aromatic carbocycles. The van der Waals surface area contributed by atoms with Crippen LogP contribution in [0.15, 0.2) is 91.0 Å². The zero-order valence-electron chi connectivity index (χ0n) is 13.2. The molecule has 0 aromatic heterocycles. The van der Waals surface area contributed by atoms with Gasteiger partial charge in [-0.1, -0.05) is 78.9 Å². The molecule has 0 fully saturated rings. The van der Waals surface area contributed by atoms with E-state index >= 15 is 0 Å². The van der Waals surface area contributed by atoms with E-state index in [9.17, 15) is 0 Å². The first-order valence-corrected chi connectivity index (χ1v) is 7.96. The average Bonchev–Trinajstić information content (AvgIpc) is 2.62. The maximum absolute atomic E-state index is 2.28. The fourth-order valence-corrected chi connectivity index (χ4v) is 3.13. The Kier molecular flexibility index (Phi) is 3.44. The highest BCUT2D eigenvalue weighted by atomic mass is 14.1. The predicted octanol–water partition coefficient (Wildman–Crippen LogP) is 6.48. The molecule has 0 heterocycles. The lowest BCUT2D eigenvalue weighted by atomic mass is 9.95. The lowest BCUT2D eigenvalue weighted by Crippen LogP contribution is -1.84. The maximum atomic E-state index is 2.28. The van der Waals surface area contributed by atoms with Crippen molar-refractivity contribution in [3.8, 4) is 22.3 Å². The molecular weight excluding hydrogens is 276 g/mol. The normalized spacial score (nSPS) is 10.8. The molecule has 0 heteroatoms. The van der Waals surface area contributed by atoms with Crippen molar-refractivity contribution in [3.05, 3.63) is 96.6 Å². The first kappa shape index (κ1) is 13.8. The van der Waals surface area contributed by atoms with Gasteiger partial charge in [0.1, 0.15) is 0 Å². The Morgan fingerprint density at radius 1 is 0.478 bits per heavy atom. The summed E-state index contributed by atoms with van der Waals surface area (Å²) in [6.45, 7) is 2.16. The summed E-state index contributed by atoms with van der Waals surface area (Å²) in [5.74, 6) is 0. The van der Waals surface area contributed by atoms with Gasteiger partial charge in [0.15, 0.2) is 0 Å². The molecule has 110 valence electrons. The summed E-state index contributed by atoms with van der Waals surface area (Å²) >= 11 is 0. The summed E-state index contributed by atoms with van der Waals surface area (Å²) in [6, 6.07) is 32.5. The van der Waals surface area contributed by atoms with E-state index in [0.29, 0.717) is 0 Å². The van der Waals surface area contributed by atoms with Gasteiger partial charge in [0, 0.05) is 0 Å². The molecule has 0 aliphatic carbocycles. The lowest BCUT2D eigenvalue weighted by Gasteiger charge is -2.09. The number of benzene rings is 4. The van der Waals surface area contributed by atoms with Crippen molar-refractivity contribution in [1.29, 1.82) is 0 Å². The van der Waals surface area contributed by atoms with E-state index in [0.717, 1.165) is 0 Å². The van der Waals surface area contributed by atoms with E-state index in [-0.39, 0.29) is 0 Å². The van der Waals surface area contributed by atoms with Crippen LogP contribution in [0.2, 0.25) is 0 Å². The molecule has 0 saturated carbocycles. The molecule has 0 aliphatic heterocycles. The Balaban J connectivity index is 1.83. The van der Waals surface area contributed by atoms with Gasteiger partial charge in [-0.15, -0.1) is 0 Å². The molecule has 0 N–H and O–H groups in total. The predicted molar refractivity (Wildman–Crippen MR) is 99.6 cm³/mol. The highest BCUT2D eigenvalue weighted by Crippen LogP contribution is 2.29. The summed E-state index contributed by atoms with van der Waals surface area (Å²) in [6.07, 6.45) is 0. The SMILES string of the molecule is Cc1ccccc1-c1cccc(-c2ccc3ccccc3c2)c1. The van der Waals surface area contributed by atoms with Crippen LogP contribution >= 0.6 is 0 Å². The minimum atomic E-state index is 1.26. The summed E-state index contributed by atoms with van der Waals surface area (Å²) in [4.78, 5) is 0. The van der Waals surface area contributed by atoms with Crippen LogP contribution in [0.4, 0.5) is 0 Å². The quantitative estimate of drug-likeness (QED) is 0.397. The lowest BCUT2D eigenvalue weighted by molar-refractivity contribution is 1.46. The molecule has 0 atom stereocenters. The van der Waals surface area contributed by atoms with Crippen molar-refractivity contribution in [2.24, 2.45) is 0 Å². The minimum Gasteiger partial charge on any atom is -0.0620 e. The van der Waals surface area contributed by atoms with Crippen LogP contribution in [-0.4, -0.2) is 0 Å². The molecule has 0 bridgehead atoms. The zero-order chi connectivity index (χ0) is 15.6. The average molecular weight is 294 g/mol. The van der Waals surface area contributed by atoms with Crippen LogP contribution in [0.5, 0.6) is 0 Å². The van der Waals surface area contributed by atoms with Crippen LogP contribution < -0.4 is 0 Å². The smallest absolute Gasteiger partial charge is 0.0155 e. The van der Waals surface area contributed by atoms with Gasteiger partial charge in [-0.05, 0) is 57.6 Å². The second kappa shape index (κ2) is 5.73. The molecule has 0 aliphatic rings. The Morgan fingerprint density at radius 2 is 1.17 bits per heavy atom. The topological polar surface area (TPSA) is 0 Å². The van der Waals surface area contributed by atoms with E-state index in [4.69, 9.17) is 0 Å². The van der Waals surface area contributed by atoms with Crippen LogP contribution in [0.25, 0.3) is 33.0 Å². The van der Waals surface area contributed by atoms with Gasteiger partial charge in [0.05, 0.1) is 0 Å². The van der Waals surface area contributed by atoms with Crippen molar-refractivity contribution < 1.29 is 0 Å². The second-order valence-corrected chi connectivity index (χ2v) is 5.96. The number of rotatable bonds is 2. The van der Waals surface area contributed by atoms with Crippen molar-refractivity contribution in [3.63, 3.8) is 0 Å². The molecule has 4 rings (SSSR count). The molecule has 0 amide bonds. The summed E-state index contributed by atoms with van der Waals surface area (Å²) in [7, 11) is 0. The van der Waals surface area contributed by atoms with E-state index in [1.165, 1.54) is 38.6 Å². The summed E-state index contributed by atoms with van der Waals surface area (Å²) in [5.41, 5.74) is 6.41. The van der Waals surface area contributed by atoms with Gasteiger partial charge in [-0.2, -0.15) is 0 Å². The van der Waals surface area contributed by atoms with Gasteiger partial charge in [-0.3, -0.25) is 0 Å². The number of fused-ring (bicyclic) bond motifs is 1. The van der Waals surface area contributed by atoms with E-state index in [1.54, 1.807) is 0 Å². The van der Waals surface area contributed by atoms with E-state index in [2.05, 4.69) is 97.9 Å². The Morgan fingerprint density at radius 3 is 2.04 bits per heavy atom. The Labute approximate surface area is 137 Å². The van der Waals surface area contributed by atoms with E-state index in [1.807, 2.05) is 0 Å². The van der Waals surface area contributed by atoms with Crippen molar-refractivity contribution in [2.75, 3.05) is 0 Å². The van der Waals surface area contributed by atoms with Crippen molar-refractivity contribution in [1.82, 2.24) is 0 Å². The monoisotopic (exact) mass is 294 g/mol. The molecule has 0 unspecified atom stereocenters. The highest BCUT2D eigenvalue weighted by molar-refractivity contribution is 5.88. The minimum absolute atomic E-state index is 1.26. The van der Waals surface area contributed by atoms with Crippen molar-refractivity contribution >= 4 is 10.8 Å². The molecular formula is C23H18. The molecule has 0 saturated heterocycles. The fourth-order valence-electron chi connectivity index (χ4n) is 3.13. The number of hydrogen-bond donors (Lipinski definition) is 0. The molecule has 4 aromatic rings. The van der Waals surface area contributed by atoms with Gasteiger partial charge < -0.3 is 0 Å². The standard InChI is InChI=1S/C23H18/c1-17-7-2-5-12-23(17)22-11-6-10-20(16-22)21-14-13-18-8-3-4-9-19(18)15-21/h2-16H,1H3. The molecule has 23 heavy (non-hydrogen) atoms. The van der Waals surface area contributed by atoms with Crippen LogP contribution in [-0.2, 0) is 0 Å². The molecule has 0 nitrogen and oxygen atoms in total. The first-order valence-electron chi connectivity index (χ1n) is 7.96. The van der Waals surface area contributed by atoms with E-state index < -0.39 is 0 Å². The largest absolute Gasteiger partial charge is 0.0620 e. The van der Waals surface area contributed by atoms with Gasteiger partial charge in [-0.25, -0.2) is 0 Å². The number of aryl methyl sites for hydroxylation is 1. The van der Waals surface area contributed by atoms with Crippen LogP contribution in [0.3, 0.4) is 0 Å². The second-order valence-electron chi connectivity index (χ2n) is 5.96. The maximum Gasteiger partial charge on any atom is -0.0155 e.